The van der Waals surface area contributed by atoms with Crippen LogP contribution in [-0.4, -0.2) is 14.3 Å². The van der Waals surface area contributed by atoms with Gasteiger partial charge in [-0.2, -0.15) is 4.37 Å². The maximum absolute atomic E-state index is 5.81. The van der Waals surface area contributed by atoms with Crippen molar-refractivity contribution < 1.29 is 0 Å². The Balaban J connectivity index is 2.62. The summed E-state index contributed by atoms with van der Waals surface area (Å²) in [6.45, 7) is 0. The second kappa shape index (κ2) is 4.71. The Labute approximate surface area is 107 Å². The molecule has 0 aliphatic heterocycles. The summed E-state index contributed by atoms with van der Waals surface area (Å²) < 4.78 is 4.42. The van der Waals surface area contributed by atoms with E-state index < -0.39 is 0 Å². The molecule has 15 heavy (non-hydrogen) atoms. The Kier molecular flexibility index (Phi) is 3.53. The topological polar surface area (TPSA) is 51.0 Å². The van der Waals surface area contributed by atoms with Gasteiger partial charge in [-0.15, -0.1) is 0 Å². The van der Waals surface area contributed by atoms with Crippen LogP contribution < -0.4 is 4.67 Å². The third-order valence-electron chi connectivity index (χ3n) is 1.36. The Morgan fingerprint density at radius 2 is 1.73 bits per heavy atom. The lowest BCUT2D eigenvalue weighted by Gasteiger charge is -1.96. The fourth-order valence-electron chi connectivity index (χ4n) is 0.756. The average molecular weight is 300 g/mol. The Morgan fingerprint density at radius 3 is 2.27 bits per heavy atom. The molecule has 0 amide bonds. The molecule has 9 heteroatoms. The summed E-state index contributed by atoms with van der Waals surface area (Å²) in [4.78, 5) is 11.7. The highest BCUT2D eigenvalue weighted by atomic mass is 35.5. The molecule has 2 heterocycles. The van der Waals surface area contributed by atoms with Crippen LogP contribution >= 0.6 is 55.7 Å². The summed E-state index contributed by atoms with van der Waals surface area (Å²) in [5.41, 5.74) is 0.305. The van der Waals surface area contributed by atoms with E-state index in [-0.39, 0.29) is 10.3 Å². The van der Waals surface area contributed by atoms with Crippen molar-refractivity contribution in [1.82, 2.24) is 14.3 Å². The van der Waals surface area contributed by atoms with E-state index in [0.29, 0.717) is 15.5 Å². The molecular formula is C6HCl3N4S2. The molecule has 0 radical (unpaired) electrons. The first-order chi connectivity index (χ1) is 7.18. The largest absolute Gasteiger partial charge is 0.227 e. The first-order valence-corrected chi connectivity index (χ1v) is 6.75. The zero-order valence-electron chi connectivity index (χ0n) is 6.82. The van der Waals surface area contributed by atoms with Crippen molar-refractivity contribution in [2.45, 2.75) is 0 Å². The average Bonchev–Trinajstić information content (AvgIpc) is 2.58. The summed E-state index contributed by atoms with van der Waals surface area (Å²) >= 11 is 17.4. The van der Waals surface area contributed by atoms with Crippen molar-refractivity contribution in [3.63, 3.8) is 0 Å². The van der Waals surface area contributed by atoms with Gasteiger partial charge in [0, 0.05) is 10.5 Å². The second-order valence-corrected chi connectivity index (χ2v) is 5.17. The number of rotatable bonds is 1. The number of aromatic nitrogens is 3. The first-order valence-electron chi connectivity index (χ1n) is 3.50. The summed E-state index contributed by atoms with van der Waals surface area (Å²) in [5, 5.41) is 0.690. The summed E-state index contributed by atoms with van der Waals surface area (Å²) in [7, 11) is 2.56. The van der Waals surface area contributed by atoms with Gasteiger partial charge in [0.1, 0.15) is 12.0 Å². The molecule has 0 aliphatic carbocycles. The predicted octanol–water partition coefficient (Wildman–Crippen LogP) is 3.19. The van der Waals surface area contributed by atoms with Crippen LogP contribution in [0.2, 0.25) is 15.5 Å². The van der Waals surface area contributed by atoms with E-state index in [4.69, 9.17) is 34.8 Å². The van der Waals surface area contributed by atoms with E-state index in [9.17, 15) is 0 Å². The second-order valence-electron chi connectivity index (χ2n) is 2.26. The summed E-state index contributed by atoms with van der Waals surface area (Å²) in [6, 6.07) is 0. The molecule has 78 valence electrons. The molecule has 2 rings (SSSR count). The van der Waals surface area contributed by atoms with Crippen LogP contribution in [-0.2, 0) is 0 Å². The normalized spacial score (nSPS) is 12.1. The Morgan fingerprint density at radius 1 is 1.07 bits per heavy atom. The molecule has 4 nitrogen and oxygen atoms in total. The summed E-state index contributed by atoms with van der Waals surface area (Å²) in [5.74, 6) is 0. The lowest BCUT2D eigenvalue weighted by molar-refractivity contribution is 1.15. The van der Waals surface area contributed by atoms with Gasteiger partial charge in [-0.1, -0.05) is 34.8 Å². The molecule has 0 bridgehead atoms. The molecular weight excluding hydrogens is 299 g/mol. The molecule has 0 spiro atoms. The molecule has 0 N–H and O–H groups in total. The quantitative estimate of drug-likeness (QED) is 0.600. The maximum atomic E-state index is 5.81. The van der Waals surface area contributed by atoms with E-state index >= 15 is 0 Å². The van der Waals surface area contributed by atoms with Gasteiger partial charge < -0.3 is 0 Å². The van der Waals surface area contributed by atoms with Gasteiger partial charge in [0.05, 0.1) is 0 Å². The SMILES string of the molecule is Clc1ncnc(Cl)c1N=c1ssnc1Cl. The van der Waals surface area contributed by atoms with Gasteiger partial charge in [0.15, 0.2) is 20.1 Å². The minimum Gasteiger partial charge on any atom is -0.227 e. The third kappa shape index (κ3) is 2.46. The molecule has 0 aliphatic rings. The predicted molar refractivity (Wildman–Crippen MR) is 62.3 cm³/mol. The molecule has 2 aromatic rings. The standard InChI is InChI=1S/C6HCl3N4S2/c7-3-2(4(8)11-1-10-3)12-6-5(9)13-15-14-6/h1H. The van der Waals surface area contributed by atoms with Crippen molar-refractivity contribution in [3.05, 3.63) is 26.5 Å². The van der Waals surface area contributed by atoms with Crippen LogP contribution in [0.1, 0.15) is 0 Å². The highest BCUT2D eigenvalue weighted by Gasteiger charge is 2.07. The van der Waals surface area contributed by atoms with Crippen LogP contribution in [0.15, 0.2) is 11.3 Å². The lowest BCUT2D eigenvalue weighted by atomic mass is 10.5. The number of hydrogen-bond donors (Lipinski definition) is 0. The summed E-state index contributed by atoms with van der Waals surface area (Å²) in [6.07, 6.45) is 1.26. The van der Waals surface area contributed by atoms with Gasteiger partial charge in [0.2, 0.25) is 0 Å². The monoisotopic (exact) mass is 298 g/mol. The number of nitrogens with zero attached hydrogens (tertiary/aromatic N) is 4. The molecule has 0 fully saturated rings. The van der Waals surface area contributed by atoms with Crippen LogP contribution in [0.4, 0.5) is 5.69 Å². The van der Waals surface area contributed by atoms with E-state index in [1.54, 1.807) is 0 Å². The van der Waals surface area contributed by atoms with Gasteiger partial charge in [-0.25, -0.2) is 15.0 Å². The van der Waals surface area contributed by atoms with Crippen molar-refractivity contribution in [2.75, 3.05) is 0 Å². The van der Waals surface area contributed by atoms with E-state index in [1.807, 2.05) is 0 Å². The fraction of sp³-hybridized carbons (Fsp3) is 0. The van der Waals surface area contributed by atoms with Crippen LogP contribution in [0.3, 0.4) is 0 Å². The molecule has 0 saturated heterocycles. The molecule has 0 aromatic carbocycles. The minimum atomic E-state index is 0.185. The lowest BCUT2D eigenvalue weighted by Crippen LogP contribution is -1.94. The number of halogens is 3. The van der Waals surface area contributed by atoms with Crippen molar-refractivity contribution in [2.24, 2.45) is 4.99 Å². The van der Waals surface area contributed by atoms with Crippen molar-refractivity contribution in [1.29, 1.82) is 0 Å². The Hall–Kier alpha value is -0.270. The van der Waals surface area contributed by atoms with Crippen LogP contribution in [0.25, 0.3) is 0 Å². The Bertz CT molecular complexity index is 529. The first kappa shape index (κ1) is 11.2. The zero-order chi connectivity index (χ0) is 10.8. The van der Waals surface area contributed by atoms with Gasteiger partial charge in [-0.05, 0) is 10.3 Å². The molecule has 0 saturated carbocycles. The number of hydrogen-bond acceptors (Lipinski definition) is 6. The molecule has 2 aromatic heterocycles. The van der Waals surface area contributed by atoms with E-state index in [0.717, 1.165) is 0 Å². The molecule has 0 atom stereocenters. The van der Waals surface area contributed by atoms with Crippen LogP contribution in [0.5, 0.6) is 0 Å². The van der Waals surface area contributed by atoms with E-state index in [1.165, 1.54) is 27.2 Å². The molecule has 0 unspecified atom stereocenters. The maximum Gasteiger partial charge on any atom is 0.179 e. The zero-order valence-corrected chi connectivity index (χ0v) is 10.7. The van der Waals surface area contributed by atoms with Crippen LogP contribution in [0, 0.1) is 0 Å². The van der Waals surface area contributed by atoms with E-state index in [2.05, 4.69) is 19.3 Å². The smallest absolute Gasteiger partial charge is 0.179 e. The minimum absolute atomic E-state index is 0.185. The fourth-order valence-corrected chi connectivity index (χ4v) is 3.13. The third-order valence-corrected chi connectivity index (χ3v) is 4.08. The van der Waals surface area contributed by atoms with Gasteiger partial charge in [0.25, 0.3) is 0 Å². The van der Waals surface area contributed by atoms with Crippen molar-refractivity contribution >= 4 is 61.4 Å². The highest BCUT2D eigenvalue weighted by Crippen LogP contribution is 2.28. The highest BCUT2D eigenvalue weighted by molar-refractivity contribution is 7.66. The van der Waals surface area contributed by atoms with Crippen molar-refractivity contribution in [3.8, 4) is 0 Å². The van der Waals surface area contributed by atoms with Gasteiger partial charge in [-0.3, -0.25) is 0 Å². The van der Waals surface area contributed by atoms with Gasteiger partial charge >= 0.3 is 0 Å².